The number of hydrogen-bond donors (Lipinski definition) is 1. The minimum atomic E-state index is -0.706. The number of nitrogens with one attached hydrogen (secondary N) is 1. The van der Waals surface area contributed by atoms with Crippen molar-refractivity contribution in [1.29, 1.82) is 0 Å². The monoisotopic (exact) mass is 351 g/mol. The lowest BCUT2D eigenvalue weighted by Crippen LogP contribution is -2.35. The second kappa shape index (κ2) is 6.67. The van der Waals surface area contributed by atoms with Crippen LogP contribution in [0.3, 0.4) is 0 Å². The van der Waals surface area contributed by atoms with Crippen LogP contribution in [-0.4, -0.2) is 31.9 Å². The van der Waals surface area contributed by atoms with Crippen molar-refractivity contribution in [3.63, 3.8) is 0 Å². The lowest BCUT2D eigenvalue weighted by atomic mass is 10.1. The fraction of sp³-hybridized carbons (Fsp3) is 0.263. The highest BCUT2D eigenvalue weighted by Crippen LogP contribution is 2.24. The summed E-state index contributed by atoms with van der Waals surface area (Å²) >= 11 is 0. The second-order valence-electron chi connectivity index (χ2n) is 6.48. The molecule has 1 aliphatic carbocycles. The van der Waals surface area contributed by atoms with Gasteiger partial charge in [0, 0.05) is 11.7 Å². The van der Waals surface area contributed by atoms with Crippen LogP contribution >= 0.6 is 0 Å². The molecule has 1 atom stereocenters. The topological polar surface area (TPSA) is 72.7 Å². The number of aromatic nitrogens is 4. The summed E-state index contributed by atoms with van der Waals surface area (Å²) in [5.41, 5.74) is 2.80. The van der Waals surface area contributed by atoms with Crippen LogP contribution in [0.15, 0.2) is 48.7 Å². The lowest BCUT2D eigenvalue weighted by molar-refractivity contribution is -0.123. The van der Waals surface area contributed by atoms with Crippen LogP contribution in [0.4, 0.5) is 4.39 Å². The third-order valence-electron chi connectivity index (χ3n) is 4.28. The van der Waals surface area contributed by atoms with Crippen molar-refractivity contribution >= 4 is 5.91 Å². The molecule has 2 heterocycles. The zero-order valence-corrected chi connectivity index (χ0v) is 14.3. The van der Waals surface area contributed by atoms with Crippen LogP contribution in [0.25, 0.3) is 11.4 Å². The molecule has 132 valence electrons. The SMILES string of the molecule is Cc1cccc(-c2cn(C(C(=O)NC3CC3)c3ccc(F)cc3)nn2)n1. The number of pyridine rings is 1. The molecule has 2 aromatic heterocycles. The zero-order valence-electron chi connectivity index (χ0n) is 14.3. The van der Waals surface area contributed by atoms with E-state index >= 15 is 0 Å². The van der Waals surface area contributed by atoms with E-state index in [1.807, 2.05) is 25.1 Å². The highest BCUT2D eigenvalue weighted by molar-refractivity contribution is 5.84. The maximum atomic E-state index is 13.3. The Morgan fingerprint density at radius 3 is 2.65 bits per heavy atom. The Morgan fingerprint density at radius 1 is 1.19 bits per heavy atom. The molecule has 1 aromatic carbocycles. The number of rotatable bonds is 5. The van der Waals surface area contributed by atoms with Crippen molar-refractivity contribution < 1.29 is 9.18 Å². The number of nitrogens with zero attached hydrogens (tertiary/aromatic N) is 4. The molecule has 1 amide bonds. The zero-order chi connectivity index (χ0) is 18.1. The van der Waals surface area contributed by atoms with E-state index in [9.17, 15) is 9.18 Å². The van der Waals surface area contributed by atoms with Crippen LogP contribution in [0.5, 0.6) is 0 Å². The molecule has 4 rings (SSSR count). The summed E-state index contributed by atoms with van der Waals surface area (Å²) in [5, 5.41) is 11.3. The van der Waals surface area contributed by atoms with Gasteiger partial charge in [-0.3, -0.25) is 9.78 Å². The molecule has 26 heavy (non-hydrogen) atoms. The fourth-order valence-corrected chi connectivity index (χ4v) is 2.78. The van der Waals surface area contributed by atoms with Gasteiger partial charge in [-0.1, -0.05) is 23.4 Å². The largest absolute Gasteiger partial charge is 0.351 e. The molecular weight excluding hydrogens is 333 g/mol. The maximum absolute atomic E-state index is 13.3. The highest BCUT2D eigenvalue weighted by Gasteiger charge is 2.30. The third kappa shape index (κ3) is 3.46. The van der Waals surface area contributed by atoms with Gasteiger partial charge in [-0.2, -0.15) is 0 Å². The van der Waals surface area contributed by atoms with Gasteiger partial charge in [0.1, 0.15) is 11.5 Å². The molecule has 1 unspecified atom stereocenters. The van der Waals surface area contributed by atoms with Crippen LogP contribution in [-0.2, 0) is 4.79 Å². The van der Waals surface area contributed by atoms with Crippen molar-refractivity contribution in [1.82, 2.24) is 25.3 Å². The van der Waals surface area contributed by atoms with Crippen molar-refractivity contribution in [2.75, 3.05) is 0 Å². The van der Waals surface area contributed by atoms with Gasteiger partial charge in [0.05, 0.1) is 11.9 Å². The average molecular weight is 351 g/mol. The van der Waals surface area contributed by atoms with E-state index in [-0.39, 0.29) is 17.8 Å². The standard InChI is InChI=1S/C19H18FN5O/c1-12-3-2-4-16(21-12)17-11-25(24-23-17)18(19(26)22-15-9-10-15)13-5-7-14(20)8-6-13/h2-8,11,15,18H,9-10H2,1H3,(H,22,26). The molecule has 0 spiro atoms. The number of benzene rings is 1. The van der Waals surface area contributed by atoms with E-state index < -0.39 is 6.04 Å². The van der Waals surface area contributed by atoms with Crippen molar-refractivity contribution in [2.24, 2.45) is 0 Å². The van der Waals surface area contributed by atoms with E-state index in [1.165, 1.54) is 16.8 Å². The van der Waals surface area contributed by atoms with Crippen LogP contribution < -0.4 is 5.32 Å². The predicted octanol–water partition coefficient (Wildman–Crippen LogP) is 2.66. The number of halogens is 1. The predicted molar refractivity (Wildman–Crippen MR) is 93.7 cm³/mol. The van der Waals surface area contributed by atoms with E-state index in [2.05, 4.69) is 20.6 Å². The van der Waals surface area contributed by atoms with Crippen LogP contribution in [0.1, 0.15) is 30.1 Å². The van der Waals surface area contributed by atoms with Gasteiger partial charge in [-0.25, -0.2) is 9.07 Å². The number of carbonyl (C=O) groups excluding carboxylic acids is 1. The van der Waals surface area contributed by atoms with Gasteiger partial charge in [-0.05, 0) is 49.6 Å². The summed E-state index contributed by atoms with van der Waals surface area (Å²) < 4.78 is 14.8. The average Bonchev–Trinajstić information content (AvgIpc) is 3.30. The minimum Gasteiger partial charge on any atom is -0.351 e. The Kier molecular flexibility index (Phi) is 4.20. The summed E-state index contributed by atoms with van der Waals surface area (Å²) in [4.78, 5) is 17.2. The molecule has 1 N–H and O–H groups in total. The van der Waals surface area contributed by atoms with Gasteiger partial charge in [-0.15, -0.1) is 5.10 Å². The van der Waals surface area contributed by atoms with Gasteiger partial charge >= 0.3 is 0 Å². The molecule has 1 aliphatic rings. The molecule has 0 saturated heterocycles. The lowest BCUT2D eigenvalue weighted by Gasteiger charge is -2.17. The first kappa shape index (κ1) is 16.4. The smallest absolute Gasteiger partial charge is 0.249 e. The number of carbonyl (C=O) groups is 1. The summed E-state index contributed by atoms with van der Waals surface area (Å²) in [6.45, 7) is 1.90. The van der Waals surface area contributed by atoms with E-state index in [1.54, 1.807) is 18.3 Å². The first-order chi connectivity index (χ1) is 12.6. The molecular formula is C19H18FN5O. The van der Waals surface area contributed by atoms with Crippen molar-refractivity contribution in [3.8, 4) is 11.4 Å². The summed E-state index contributed by atoms with van der Waals surface area (Å²) in [6, 6.07) is 11.0. The Balaban J connectivity index is 1.69. The van der Waals surface area contributed by atoms with Gasteiger partial charge in [0.15, 0.2) is 6.04 Å². The van der Waals surface area contributed by atoms with E-state index in [4.69, 9.17) is 0 Å². The Hall–Kier alpha value is -3.09. The molecule has 0 aliphatic heterocycles. The summed E-state index contributed by atoms with van der Waals surface area (Å²) in [7, 11) is 0. The summed E-state index contributed by atoms with van der Waals surface area (Å²) in [5.74, 6) is -0.522. The molecule has 7 heteroatoms. The normalized spacial score (nSPS) is 14.8. The Morgan fingerprint density at radius 2 is 1.96 bits per heavy atom. The quantitative estimate of drug-likeness (QED) is 0.767. The first-order valence-corrected chi connectivity index (χ1v) is 8.52. The number of aryl methyl sites for hydroxylation is 1. The summed E-state index contributed by atoms with van der Waals surface area (Å²) in [6.07, 6.45) is 3.66. The Labute approximate surface area is 150 Å². The second-order valence-corrected chi connectivity index (χ2v) is 6.48. The molecule has 1 saturated carbocycles. The minimum absolute atomic E-state index is 0.173. The fourth-order valence-electron chi connectivity index (χ4n) is 2.78. The molecule has 0 bridgehead atoms. The molecule has 6 nitrogen and oxygen atoms in total. The van der Waals surface area contributed by atoms with Crippen LogP contribution in [0.2, 0.25) is 0 Å². The van der Waals surface area contributed by atoms with Crippen LogP contribution in [0, 0.1) is 12.7 Å². The molecule has 1 fully saturated rings. The highest BCUT2D eigenvalue weighted by atomic mass is 19.1. The Bertz CT molecular complexity index is 933. The van der Waals surface area contributed by atoms with Gasteiger partial charge < -0.3 is 5.32 Å². The van der Waals surface area contributed by atoms with Gasteiger partial charge in [0.25, 0.3) is 0 Å². The molecule has 0 radical (unpaired) electrons. The van der Waals surface area contributed by atoms with Crippen molar-refractivity contribution in [2.45, 2.75) is 31.8 Å². The number of hydrogen-bond acceptors (Lipinski definition) is 4. The first-order valence-electron chi connectivity index (χ1n) is 8.52. The van der Waals surface area contributed by atoms with Crippen molar-refractivity contribution in [3.05, 3.63) is 65.7 Å². The molecule has 3 aromatic rings. The van der Waals surface area contributed by atoms with E-state index in [0.717, 1.165) is 18.5 Å². The maximum Gasteiger partial charge on any atom is 0.249 e. The number of amides is 1. The van der Waals surface area contributed by atoms with E-state index in [0.29, 0.717) is 17.0 Å². The van der Waals surface area contributed by atoms with Gasteiger partial charge in [0.2, 0.25) is 5.91 Å². The third-order valence-corrected chi connectivity index (χ3v) is 4.28.